The van der Waals surface area contributed by atoms with Crippen molar-refractivity contribution in [2.45, 2.75) is 20.3 Å². The Kier molecular flexibility index (Phi) is 3.91. The zero-order chi connectivity index (χ0) is 13.1. The molecule has 0 bridgehead atoms. The van der Waals surface area contributed by atoms with E-state index in [9.17, 15) is 4.39 Å². The van der Waals surface area contributed by atoms with Gasteiger partial charge in [0, 0.05) is 23.7 Å². The van der Waals surface area contributed by atoms with Gasteiger partial charge in [0.15, 0.2) is 0 Å². The standard InChI is InChI=1S/C13H13BrFN3/c1-3-12-17-11(14)7-13(18-12)16-10-6-4-5-9(15)8(10)2/h4-7H,3H2,1-2H3,(H,16,17,18). The van der Waals surface area contributed by atoms with E-state index in [0.29, 0.717) is 21.7 Å². The number of aryl methyl sites for hydroxylation is 1. The minimum absolute atomic E-state index is 0.233. The summed E-state index contributed by atoms with van der Waals surface area (Å²) in [6.45, 7) is 3.72. The summed E-state index contributed by atoms with van der Waals surface area (Å²) in [4.78, 5) is 8.57. The average Bonchev–Trinajstić information content (AvgIpc) is 2.34. The Balaban J connectivity index is 2.34. The summed E-state index contributed by atoms with van der Waals surface area (Å²) >= 11 is 3.33. The average molecular weight is 310 g/mol. The van der Waals surface area contributed by atoms with Gasteiger partial charge in [0.25, 0.3) is 0 Å². The highest BCUT2D eigenvalue weighted by Crippen LogP contribution is 2.22. The van der Waals surface area contributed by atoms with Gasteiger partial charge >= 0.3 is 0 Å². The Morgan fingerprint density at radius 3 is 2.83 bits per heavy atom. The molecular weight excluding hydrogens is 297 g/mol. The number of rotatable bonds is 3. The normalized spacial score (nSPS) is 10.4. The van der Waals surface area contributed by atoms with Gasteiger partial charge in [0.1, 0.15) is 22.1 Å². The van der Waals surface area contributed by atoms with Gasteiger partial charge in [0.2, 0.25) is 0 Å². The third-order valence-corrected chi connectivity index (χ3v) is 2.99. The number of halogens is 2. The Morgan fingerprint density at radius 1 is 1.33 bits per heavy atom. The number of anilines is 2. The monoisotopic (exact) mass is 309 g/mol. The third kappa shape index (κ3) is 2.85. The van der Waals surface area contributed by atoms with Gasteiger partial charge in [0.05, 0.1) is 0 Å². The summed E-state index contributed by atoms with van der Waals surface area (Å²) in [5.41, 5.74) is 1.29. The van der Waals surface area contributed by atoms with Gasteiger partial charge in [-0.25, -0.2) is 14.4 Å². The van der Waals surface area contributed by atoms with Gasteiger partial charge < -0.3 is 5.32 Å². The molecule has 0 radical (unpaired) electrons. The second-order valence-electron chi connectivity index (χ2n) is 3.88. The van der Waals surface area contributed by atoms with Crippen molar-refractivity contribution in [1.29, 1.82) is 0 Å². The van der Waals surface area contributed by atoms with Gasteiger partial charge in [-0.15, -0.1) is 0 Å². The van der Waals surface area contributed by atoms with E-state index in [2.05, 4.69) is 31.2 Å². The molecular formula is C13H13BrFN3. The number of nitrogens with zero attached hydrogens (tertiary/aromatic N) is 2. The lowest BCUT2D eigenvalue weighted by Gasteiger charge is -2.10. The summed E-state index contributed by atoms with van der Waals surface area (Å²) in [7, 11) is 0. The van der Waals surface area contributed by atoms with Crippen LogP contribution in [0.15, 0.2) is 28.9 Å². The molecule has 0 unspecified atom stereocenters. The fraction of sp³-hybridized carbons (Fsp3) is 0.231. The molecule has 0 spiro atoms. The molecule has 0 aliphatic rings. The van der Waals surface area contributed by atoms with Gasteiger partial charge in [-0.1, -0.05) is 13.0 Å². The molecule has 18 heavy (non-hydrogen) atoms. The predicted molar refractivity (Wildman–Crippen MR) is 73.5 cm³/mol. The molecule has 0 aliphatic heterocycles. The van der Waals surface area contributed by atoms with Gasteiger partial charge in [-0.3, -0.25) is 0 Å². The minimum atomic E-state index is -0.233. The maximum atomic E-state index is 13.4. The fourth-order valence-electron chi connectivity index (χ4n) is 1.57. The molecule has 0 saturated carbocycles. The van der Waals surface area contributed by atoms with Crippen LogP contribution in [0.25, 0.3) is 0 Å². The molecule has 1 N–H and O–H groups in total. The highest BCUT2D eigenvalue weighted by atomic mass is 79.9. The molecule has 1 heterocycles. The van der Waals surface area contributed by atoms with Crippen molar-refractivity contribution in [1.82, 2.24) is 9.97 Å². The third-order valence-electron chi connectivity index (χ3n) is 2.59. The lowest BCUT2D eigenvalue weighted by Crippen LogP contribution is -2.01. The van der Waals surface area contributed by atoms with Crippen LogP contribution in [-0.2, 0) is 6.42 Å². The summed E-state index contributed by atoms with van der Waals surface area (Å²) in [5, 5.41) is 3.11. The zero-order valence-electron chi connectivity index (χ0n) is 10.2. The second-order valence-corrected chi connectivity index (χ2v) is 4.70. The highest BCUT2D eigenvalue weighted by Gasteiger charge is 2.06. The molecule has 1 aromatic carbocycles. The molecule has 0 atom stereocenters. The van der Waals surface area contributed by atoms with E-state index in [4.69, 9.17) is 0 Å². The summed E-state index contributed by atoms with van der Waals surface area (Å²) in [5.74, 6) is 1.16. The van der Waals surface area contributed by atoms with Crippen LogP contribution in [0.2, 0.25) is 0 Å². The molecule has 0 aliphatic carbocycles. The number of hydrogen-bond donors (Lipinski definition) is 1. The van der Waals surface area contributed by atoms with Crippen molar-refractivity contribution in [2.75, 3.05) is 5.32 Å². The Labute approximate surface area is 114 Å². The van der Waals surface area contributed by atoms with Crippen molar-refractivity contribution < 1.29 is 4.39 Å². The first kappa shape index (κ1) is 13.0. The molecule has 2 rings (SSSR count). The van der Waals surface area contributed by atoms with Crippen LogP contribution < -0.4 is 5.32 Å². The van der Waals surface area contributed by atoms with E-state index in [0.717, 1.165) is 12.2 Å². The summed E-state index contributed by atoms with van der Waals surface area (Å²) < 4.78 is 14.1. The first-order valence-electron chi connectivity index (χ1n) is 5.65. The predicted octanol–water partition coefficient (Wildman–Crippen LogP) is 3.99. The molecule has 5 heteroatoms. The van der Waals surface area contributed by atoms with E-state index in [1.165, 1.54) is 6.07 Å². The van der Waals surface area contributed by atoms with Crippen molar-refractivity contribution in [3.8, 4) is 0 Å². The van der Waals surface area contributed by atoms with E-state index in [1.54, 1.807) is 19.1 Å². The number of nitrogens with one attached hydrogen (secondary N) is 1. The van der Waals surface area contributed by atoms with Crippen LogP contribution in [0.4, 0.5) is 15.9 Å². The first-order valence-corrected chi connectivity index (χ1v) is 6.45. The molecule has 0 fully saturated rings. The fourth-order valence-corrected chi connectivity index (χ4v) is 1.99. The van der Waals surface area contributed by atoms with Crippen molar-refractivity contribution in [3.05, 3.63) is 46.1 Å². The quantitative estimate of drug-likeness (QED) is 0.871. The zero-order valence-corrected chi connectivity index (χ0v) is 11.8. The van der Waals surface area contributed by atoms with E-state index in [1.807, 2.05) is 13.0 Å². The van der Waals surface area contributed by atoms with E-state index in [-0.39, 0.29) is 5.82 Å². The van der Waals surface area contributed by atoms with E-state index >= 15 is 0 Å². The van der Waals surface area contributed by atoms with Crippen molar-refractivity contribution in [3.63, 3.8) is 0 Å². The van der Waals surface area contributed by atoms with Crippen LogP contribution in [0.3, 0.4) is 0 Å². The number of benzene rings is 1. The maximum absolute atomic E-state index is 13.4. The smallest absolute Gasteiger partial charge is 0.135 e. The van der Waals surface area contributed by atoms with Crippen molar-refractivity contribution in [2.24, 2.45) is 0 Å². The Hall–Kier alpha value is -1.49. The van der Waals surface area contributed by atoms with Gasteiger partial charge in [-0.2, -0.15) is 0 Å². The Bertz CT molecular complexity index is 572. The molecule has 3 nitrogen and oxygen atoms in total. The van der Waals surface area contributed by atoms with Crippen molar-refractivity contribution >= 4 is 27.4 Å². The first-order chi connectivity index (χ1) is 8.60. The van der Waals surface area contributed by atoms with Crippen LogP contribution in [0, 0.1) is 12.7 Å². The topological polar surface area (TPSA) is 37.8 Å². The lowest BCUT2D eigenvalue weighted by molar-refractivity contribution is 0.619. The molecule has 1 aromatic heterocycles. The summed E-state index contributed by atoms with van der Waals surface area (Å²) in [6.07, 6.45) is 0.746. The van der Waals surface area contributed by atoms with Crippen LogP contribution in [-0.4, -0.2) is 9.97 Å². The number of aromatic nitrogens is 2. The van der Waals surface area contributed by atoms with E-state index < -0.39 is 0 Å². The molecule has 0 saturated heterocycles. The SMILES string of the molecule is CCc1nc(Br)cc(Nc2cccc(F)c2C)n1. The van der Waals surface area contributed by atoms with Crippen LogP contribution >= 0.6 is 15.9 Å². The Morgan fingerprint density at radius 2 is 2.11 bits per heavy atom. The summed E-state index contributed by atoms with van der Waals surface area (Å²) in [6, 6.07) is 6.69. The molecule has 2 aromatic rings. The number of hydrogen-bond acceptors (Lipinski definition) is 3. The van der Waals surface area contributed by atoms with Gasteiger partial charge in [-0.05, 0) is 35.0 Å². The highest BCUT2D eigenvalue weighted by molar-refractivity contribution is 9.10. The minimum Gasteiger partial charge on any atom is -0.340 e. The second kappa shape index (κ2) is 5.44. The largest absolute Gasteiger partial charge is 0.340 e. The molecule has 0 amide bonds. The maximum Gasteiger partial charge on any atom is 0.135 e. The molecule has 94 valence electrons. The van der Waals surface area contributed by atoms with Crippen LogP contribution in [0.1, 0.15) is 18.3 Å². The lowest BCUT2D eigenvalue weighted by atomic mass is 10.2. The van der Waals surface area contributed by atoms with Crippen LogP contribution in [0.5, 0.6) is 0 Å².